The predicted molar refractivity (Wildman–Crippen MR) is 86.0 cm³/mol. The maximum atomic E-state index is 4.13. The average Bonchev–Trinajstić information content (AvgIpc) is 2.51. The van der Waals surface area contributed by atoms with Crippen molar-refractivity contribution in [2.75, 3.05) is 0 Å². The highest BCUT2D eigenvalue weighted by atomic mass is 15.3. The smallest absolute Gasteiger partial charge is 0.221 e. The summed E-state index contributed by atoms with van der Waals surface area (Å²) < 4.78 is 0. The zero-order chi connectivity index (χ0) is 15.5. The molecule has 1 aromatic heterocycles. The first-order chi connectivity index (χ1) is 10.3. The molecule has 0 aliphatic heterocycles. The third-order valence-corrected chi connectivity index (χ3v) is 2.09. The standard InChI is InChI=1S/C15H16N6/c1-5-9-12(16-8-4)14-18-20-15(21-19-14)13(10-6-2)17-11-7-3/h5-11H,2-4H2,1H3/b9-5-,13-10-,16-12+,17-11-. The zero-order valence-electron chi connectivity index (χ0n) is 11.8. The van der Waals surface area contributed by atoms with Gasteiger partial charge in [-0.05, 0) is 19.1 Å². The summed E-state index contributed by atoms with van der Waals surface area (Å²) in [4.78, 5) is 8.19. The predicted octanol–water partition coefficient (Wildman–Crippen LogP) is 2.56. The van der Waals surface area contributed by atoms with Crippen LogP contribution in [0.1, 0.15) is 18.6 Å². The Labute approximate surface area is 123 Å². The van der Waals surface area contributed by atoms with E-state index >= 15 is 0 Å². The largest absolute Gasteiger partial charge is 0.253 e. The summed E-state index contributed by atoms with van der Waals surface area (Å²) in [5.74, 6) is 0.595. The van der Waals surface area contributed by atoms with E-state index in [4.69, 9.17) is 0 Å². The lowest BCUT2D eigenvalue weighted by Crippen LogP contribution is -2.09. The highest BCUT2D eigenvalue weighted by molar-refractivity contribution is 6.06. The van der Waals surface area contributed by atoms with Gasteiger partial charge < -0.3 is 0 Å². The van der Waals surface area contributed by atoms with Crippen LogP contribution >= 0.6 is 0 Å². The van der Waals surface area contributed by atoms with Gasteiger partial charge in [-0.25, -0.2) is 0 Å². The molecule has 0 unspecified atom stereocenters. The van der Waals surface area contributed by atoms with Crippen LogP contribution in [0.4, 0.5) is 0 Å². The van der Waals surface area contributed by atoms with Crippen LogP contribution in [0.2, 0.25) is 0 Å². The number of hydrogen-bond donors (Lipinski definition) is 0. The van der Waals surface area contributed by atoms with E-state index in [-0.39, 0.29) is 5.82 Å². The molecular formula is C15H16N6. The van der Waals surface area contributed by atoms with Crippen LogP contribution in [0, 0.1) is 0 Å². The fraction of sp³-hybridized carbons (Fsp3) is 0.0667. The summed E-state index contributed by atoms with van der Waals surface area (Å²) in [6.45, 7) is 12.6. The average molecular weight is 280 g/mol. The van der Waals surface area contributed by atoms with Crippen molar-refractivity contribution < 1.29 is 0 Å². The van der Waals surface area contributed by atoms with Gasteiger partial charge in [0, 0.05) is 12.4 Å². The zero-order valence-corrected chi connectivity index (χ0v) is 11.8. The highest BCUT2D eigenvalue weighted by Crippen LogP contribution is 2.09. The molecule has 0 aromatic carbocycles. The van der Waals surface area contributed by atoms with E-state index in [1.54, 1.807) is 24.3 Å². The van der Waals surface area contributed by atoms with Gasteiger partial charge in [0.05, 0.1) is 0 Å². The van der Waals surface area contributed by atoms with Gasteiger partial charge in [0.25, 0.3) is 0 Å². The summed E-state index contributed by atoms with van der Waals surface area (Å²) in [6.07, 6.45) is 11.3. The number of aromatic nitrogens is 4. The minimum atomic E-state index is 0.287. The third kappa shape index (κ3) is 4.87. The van der Waals surface area contributed by atoms with Gasteiger partial charge in [-0.3, -0.25) is 9.98 Å². The second-order valence-corrected chi connectivity index (χ2v) is 3.55. The SMILES string of the molecule is C=C/C=N\C(=C/C=C)c1nnc(C(/C=C\C)=N/C=C)nn1. The van der Waals surface area contributed by atoms with E-state index in [0.29, 0.717) is 17.2 Å². The molecule has 106 valence electrons. The fourth-order valence-electron chi connectivity index (χ4n) is 1.29. The molecular weight excluding hydrogens is 264 g/mol. The first-order valence-corrected chi connectivity index (χ1v) is 6.14. The maximum Gasteiger partial charge on any atom is 0.221 e. The van der Waals surface area contributed by atoms with Crippen LogP contribution < -0.4 is 0 Å². The molecule has 0 aliphatic rings. The maximum absolute atomic E-state index is 4.13. The molecule has 21 heavy (non-hydrogen) atoms. The monoisotopic (exact) mass is 280 g/mol. The van der Waals surface area contributed by atoms with E-state index in [2.05, 4.69) is 50.1 Å². The number of hydrogen-bond acceptors (Lipinski definition) is 6. The highest BCUT2D eigenvalue weighted by Gasteiger charge is 2.08. The first-order valence-electron chi connectivity index (χ1n) is 6.14. The Morgan fingerprint density at radius 2 is 1.67 bits per heavy atom. The third-order valence-electron chi connectivity index (χ3n) is 2.09. The summed E-state index contributed by atoms with van der Waals surface area (Å²) in [6, 6.07) is 0. The van der Waals surface area contributed by atoms with Crippen molar-refractivity contribution in [2.45, 2.75) is 6.92 Å². The van der Waals surface area contributed by atoms with Gasteiger partial charge in [0.1, 0.15) is 11.4 Å². The normalized spacial score (nSPS) is 12.8. The lowest BCUT2D eigenvalue weighted by Gasteiger charge is -2.00. The van der Waals surface area contributed by atoms with Crippen molar-refractivity contribution in [3.05, 3.63) is 68.0 Å². The Hall–Kier alpha value is -3.02. The molecule has 1 heterocycles. The Bertz CT molecular complexity index is 620. The minimum absolute atomic E-state index is 0.287. The molecule has 0 N–H and O–H groups in total. The molecule has 0 atom stereocenters. The molecule has 0 saturated heterocycles. The topological polar surface area (TPSA) is 76.3 Å². The quantitative estimate of drug-likeness (QED) is 0.568. The van der Waals surface area contributed by atoms with Gasteiger partial charge >= 0.3 is 0 Å². The van der Waals surface area contributed by atoms with Gasteiger partial charge in [0.15, 0.2) is 0 Å². The molecule has 0 radical (unpaired) electrons. The Morgan fingerprint density at radius 3 is 2.19 bits per heavy atom. The van der Waals surface area contributed by atoms with E-state index < -0.39 is 0 Å². The van der Waals surface area contributed by atoms with Crippen molar-refractivity contribution in [3.63, 3.8) is 0 Å². The van der Waals surface area contributed by atoms with Crippen LogP contribution in [0.3, 0.4) is 0 Å². The molecule has 6 heteroatoms. The van der Waals surface area contributed by atoms with E-state index in [9.17, 15) is 0 Å². The van der Waals surface area contributed by atoms with Crippen LogP contribution in [0.25, 0.3) is 5.70 Å². The van der Waals surface area contributed by atoms with Crippen molar-refractivity contribution >= 4 is 17.6 Å². The molecule has 1 rings (SSSR count). The summed E-state index contributed by atoms with van der Waals surface area (Å²) in [7, 11) is 0. The van der Waals surface area contributed by atoms with Gasteiger partial charge in [-0.1, -0.05) is 38.0 Å². The van der Waals surface area contributed by atoms with Gasteiger partial charge in [-0.2, -0.15) is 0 Å². The first kappa shape index (κ1) is 16.0. The molecule has 0 aliphatic carbocycles. The van der Waals surface area contributed by atoms with Crippen LogP contribution in [-0.4, -0.2) is 32.3 Å². The number of nitrogens with zero attached hydrogens (tertiary/aromatic N) is 6. The molecule has 0 fully saturated rings. The van der Waals surface area contributed by atoms with Gasteiger partial charge in [0.2, 0.25) is 11.6 Å². The van der Waals surface area contributed by atoms with Crippen molar-refractivity contribution in [3.8, 4) is 0 Å². The number of aliphatic imine (C=N–C) groups is 2. The summed E-state index contributed by atoms with van der Waals surface area (Å²) >= 11 is 0. The minimum Gasteiger partial charge on any atom is -0.253 e. The second-order valence-electron chi connectivity index (χ2n) is 3.55. The van der Waals surface area contributed by atoms with Crippen LogP contribution in [0.5, 0.6) is 0 Å². The van der Waals surface area contributed by atoms with E-state index in [1.807, 2.05) is 13.0 Å². The summed E-state index contributed by atoms with van der Waals surface area (Å²) in [5, 5.41) is 16.0. The fourth-order valence-corrected chi connectivity index (χ4v) is 1.29. The lowest BCUT2D eigenvalue weighted by atomic mass is 10.3. The van der Waals surface area contributed by atoms with Crippen LogP contribution in [-0.2, 0) is 0 Å². The molecule has 0 bridgehead atoms. The van der Waals surface area contributed by atoms with Crippen molar-refractivity contribution in [1.29, 1.82) is 0 Å². The Morgan fingerprint density at radius 1 is 1.00 bits per heavy atom. The Kier molecular flexibility index (Phi) is 6.85. The molecule has 6 nitrogen and oxygen atoms in total. The van der Waals surface area contributed by atoms with E-state index in [1.165, 1.54) is 12.4 Å². The van der Waals surface area contributed by atoms with Gasteiger partial charge in [-0.15, -0.1) is 20.4 Å². The number of allylic oxidation sites excluding steroid dienone is 5. The summed E-state index contributed by atoms with van der Waals surface area (Å²) in [5.41, 5.74) is 1.02. The number of rotatable bonds is 7. The molecule has 0 amide bonds. The van der Waals surface area contributed by atoms with Crippen molar-refractivity contribution in [2.24, 2.45) is 9.98 Å². The van der Waals surface area contributed by atoms with Crippen LogP contribution in [0.15, 0.2) is 66.3 Å². The van der Waals surface area contributed by atoms with Crippen molar-refractivity contribution in [1.82, 2.24) is 20.4 Å². The molecule has 0 saturated carbocycles. The van der Waals surface area contributed by atoms with E-state index in [0.717, 1.165) is 0 Å². The second kappa shape index (κ2) is 8.98. The lowest BCUT2D eigenvalue weighted by molar-refractivity contribution is 0.819. The molecule has 1 aromatic rings. The molecule has 0 spiro atoms. The Balaban J connectivity index is 3.16.